The molecular weight excluding hydrogens is 288 g/mol. The molecule has 6 nitrogen and oxygen atoms in total. The fraction of sp³-hybridized carbons (Fsp3) is 0.600. The highest BCUT2D eigenvalue weighted by Crippen LogP contribution is 2.25. The largest absolute Gasteiger partial charge is 0.382 e. The summed E-state index contributed by atoms with van der Waals surface area (Å²) >= 11 is 3.42. The van der Waals surface area contributed by atoms with E-state index in [1.165, 1.54) is 6.33 Å². The number of nitrogens with zero attached hydrogens (tertiary/aromatic N) is 2. The van der Waals surface area contributed by atoms with E-state index in [2.05, 4.69) is 36.5 Å². The van der Waals surface area contributed by atoms with Crippen molar-refractivity contribution in [3.63, 3.8) is 0 Å². The van der Waals surface area contributed by atoms with Crippen LogP contribution in [0.2, 0.25) is 0 Å². The van der Waals surface area contributed by atoms with E-state index in [1.807, 2.05) is 7.05 Å². The lowest BCUT2D eigenvalue weighted by atomic mass is 10.5. The first kappa shape index (κ1) is 14.1. The van der Waals surface area contributed by atoms with Gasteiger partial charge in [0.1, 0.15) is 22.4 Å². The van der Waals surface area contributed by atoms with Gasteiger partial charge in [-0.05, 0) is 15.9 Å². The van der Waals surface area contributed by atoms with Crippen LogP contribution >= 0.6 is 15.9 Å². The molecule has 7 heteroatoms. The highest BCUT2D eigenvalue weighted by molar-refractivity contribution is 9.10. The molecule has 0 amide bonds. The molecule has 0 aromatic carbocycles. The molecule has 0 aliphatic rings. The zero-order chi connectivity index (χ0) is 12.5. The van der Waals surface area contributed by atoms with Crippen LogP contribution in [0.25, 0.3) is 0 Å². The van der Waals surface area contributed by atoms with Crippen LogP contribution in [0.4, 0.5) is 11.6 Å². The summed E-state index contributed by atoms with van der Waals surface area (Å²) in [5.74, 6) is 1.50. The van der Waals surface area contributed by atoms with Crippen LogP contribution in [0.5, 0.6) is 0 Å². The summed E-state index contributed by atoms with van der Waals surface area (Å²) in [6.07, 6.45) is 1.50. The summed E-state index contributed by atoms with van der Waals surface area (Å²) in [5, 5.41) is 6.13. The quantitative estimate of drug-likeness (QED) is 0.707. The molecule has 0 unspecified atom stereocenters. The van der Waals surface area contributed by atoms with E-state index in [0.717, 1.165) is 16.1 Å². The normalized spacial score (nSPS) is 10.3. The lowest BCUT2D eigenvalue weighted by Gasteiger charge is -2.10. The maximum absolute atomic E-state index is 5.33. The summed E-state index contributed by atoms with van der Waals surface area (Å²) in [5.41, 5.74) is 0. The number of anilines is 2. The van der Waals surface area contributed by atoms with Gasteiger partial charge in [0.05, 0.1) is 19.8 Å². The second-order valence-corrected chi connectivity index (χ2v) is 3.96. The predicted octanol–water partition coefficient (Wildman–Crippen LogP) is 1.36. The minimum absolute atomic E-state index is 0.602. The van der Waals surface area contributed by atoms with E-state index in [-0.39, 0.29) is 0 Å². The van der Waals surface area contributed by atoms with Gasteiger partial charge in [0.15, 0.2) is 0 Å². The van der Waals surface area contributed by atoms with Crippen LogP contribution in [0.15, 0.2) is 10.8 Å². The highest BCUT2D eigenvalue weighted by Gasteiger charge is 2.06. The molecule has 0 atom stereocenters. The van der Waals surface area contributed by atoms with Crippen LogP contribution < -0.4 is 10.6 Å². The maximum Gasteiger partial charge on any atom is 0.146 e. The highest BCUT2D eigenvalue weighted by atomic mass is 79.9. The van der Waals surface area contributed by atoms with E-state index in [0.29, 0.717) is 26.4 Å². The monoisotopic (exact) mass is 304 g/mol. The third-order valence-electron chi connectivity index (χ3n) is 2.00. The molecule has 0 saturated carbocycles. The summed E-state index contributed by atoms with van der Waals surface area (Å²) in [6, 6.07) is 0. The first-order chi connectivity index (χ1) is 8.29. The Hall–Kier alpha value is -0.920. The number of aromatic nitrogens is 2. The van der Waals surface area contributed by atoms with Crippen molar-refractivity contribution in [1.29, 1.82) is 0 Å². The Labute approximate surface area is 109 Å². The summed E-state index contributed by atoms with van der Waals surface area (Å²) in [6.45, 7) is 2.50. The predicted molar refractivity (Wildman–Crippen MR) is 70.5 cm³/mol. The molecule has 0 fully saturated rings. The van der Waals surface area contributed by atoms with E-state index in [1.54, 1.807) is 7.11 Å². The average Bonchev–Trinajstić information content (AvgIpc) is 2.35. The number of nitrogens with one attached hydrogen (secondary N) is 2. The van der Waals surface area contributed by atoms with Gasteiger partial charge in [0.25, 0.3) is 0 Å². The lowest BCUT2D eigenvalue weighted by molar-refractivity contribution is 0.0759. The summed E-state index contributed by atoms with van der Waals surface area (Å²) < 4.78 is 11.0. The number of halogens is 1. The smallest absolute Gasteiger partial charge is 0.146 e. The summed E-state index contributed by atoms with van der Waals surface area (Å²) in [4.78, 5) is 8.20. The molecule has 0 aliphatic carbocycles. The van der Waals surface area contributed by atoms with Gasteiger partial charge in [-0.15, -0.1) is 0 Å². The van der Waals surface area contributed by atoms with E-state index in [9.17, 15) is 0 Å². The van der Waals surface area contributed by atoms with Crippen molar-refractivity contribution in [2.45, 2.75) is 0 Å². The van der Waals surface area contributed by atoms with Crippen molar-refractivity contribution in [2.75, 3.05) is 51.2 Å². The topological polar surface area (TPSA) is 68.3 Å². The molecule has 1 aromatic heterocycles. The first-order valence-corrected chi connectivity index (χ1v) is 6.07. The van der Waals surface area contributed by atoms with Crippen molar-refractivity contribution in [1.82, 2.24) is 9.97 Å². The van der Waals surface area contributed by atoms with Gasteiger partial charge < -0.3 is 20.1 Å². The van der Waals surface area contributed by atoms with Gasteiger partial charge in [0, 0.05) is 20.7 Å². The number of methoxy groups -OCH3 is 1. The number of ether oxygens (including phenoxy) is 2. The van der Waals surface area contributed by atoms with Gasteiger partial charge in [0.2, 0.25) is 0 Å². The zero-order valence-electron chi connectivity index (χ0n) is 9.99. The number of hydrogen-bond acceptors (Lipinski definition) is 6. The van der Waals surface area contributed by atoms with Gasteiger partial charge in [-0.1, -0.05) is 0 Å². The molecule has 0 bridgehead atoms. The van der Waals surface area contributed by atoms with Crippen LogP contribution in [0.3, 0.4) is 0 Å². The van der Waals surface area contributed by atoms with Gasteiger partial charge in [-0.25, -0.2) is 9.97 Å². The molecule has 1 aromatic rings. The maximum atomic E-state index is 5.33. The number of hydrogen-bond donors (Lipinski definition) is 2. The van der Waals surface area contributed by atoms with Crippen LogP contribution in [-0.4, -0.2) is 50.5 Å². The molecule has 0 aliphatic heterocycles. The van der Waals surface area contributed by atoms with E-state index in [4.69, 9.17) is 9.47 Å². The Morgan fingerprint density at radius 2 is 2.00 bits per heavy atom. The average molecular weight is 305 g/mol. The standard InChI is InChI=1S/C10H17BrN4O2/c1-12-9-8(11)10(15-7-14-9)13-3-4-17-6-5-16-2/h7H,3-6H2,1-2H3,(H2,12,13,14,15). The van der Waals surface area contributed by atoms with Gasteiger partial charge >= 0.3 is 0 Å². The minimum Gasteiger partial charge on any atom is -0.382 e. The fourth-order valence-electron chi connectivity index (χ4n) is 1.15. The van der Waals surface area contributed by atoms with Crippen LogP contribution in [0, 0.1) is 0 Å². The Balaban J connectivity index is 2.31. The minimum atomic E-state index is 0.602. The Morgan fingerprint density at radius 1 is 1.24 bits per heavy atom. The van der Waals surface area contributed by atoms with Crippen LogP contribution in [-0.2, 0) is 9.47 Å². The van der Waals surface area contributed by atoms with Crippen molar-refractivity contribution in [3.8, 4) is 0 Å². The third kappa shape index (κ3) is 4.84. The Morgan fingerprint density at radius 3 is 2.71 bits per heavy atom. The number of rotatable bonds is 8. The lowest BCUT2D eigenvalue weighted by Crippen LogP contribution is -2.13. The molecule has 0 radical (unpaired) electrons. The Bertz CT molecular complexity index is 338. The first-order valence-electron chi connectivity index (χ1n) is 5.28. The van der Waals surface area contributed by atoms with Crippen molar-refractivity contribution >= 4 is 27.6 Å². The van der Waals surface area contributed by atoms with Gasteiger partial charge in [-0.2, -0.15) is 0 Å². The molecular formula is C10H17BrN4O2. The molecule has 1 heterocycles. The van der Waals surface area contributed by atoms with Crippen molar-refractivity contribution in [3.05, 3.63) is 10.8 Å². The molecule has 0 spiro atoms. The van der Waals surface area contributed by atoms with E-state index < -0.39 is 0 Å². The molecule has 96 valence electrons. The second-order valence-electron chi connectivity index (χ2n) is 3.17. The van der Waals surface area contributed by atoms with E-state index >= 15 is 0 Å². The zero-order valence-corrected chi connectivity index (χ0v) is 11.6. The fourth-order valence-corrected chi connectivity index (χ4v) is 1.70. The molecule has 2 N–H and O–H groups in total. The van der Waals surface area contributed by atoms with Crippen molar-refractivity contribution in [2.24, 2.45) is 0 Å². The molecule has 1 rings (SSSR count). The summed E-state index contributed by atoms with van der Waals surface area (Å²) in [7, 11) is 3.46. The molecule has 17 heavy (non-hydrogen) atoms. The van der Waals surface area contributed by atoms with Gasteiger partial charge in [-0.3, -0.25) is 0 Å². The van der Waals surface area contributed by atoms with Crippen molar-refractivity contribution < 1.29 is 9.47 Å². The molecule has 0 saturated heterocycles. The third-order valence-corrected chi connectivity index (χ3v) is 2.75. The Kier molecular flexibility index (Phi) is 6.83. The SMILES string of the molecule is CNc1ncnc(NCCOCCOC)c1Br. The van der Waals surface area contributed by atoms with Crippen LogP contribution in [0.1, 0.15) is 0 Å². The second kappa shape index (κ2) is 8.21.